The minimum absolute atomic E-state index is 0.0365. The van der Waals surface area contributed by atoms with Crippen molar-refractivity contribution in [3.8, 4) is 0 Å². The number of nitrogens with zero attached hydrogens (tertiary/aromatic N) is 4. The number of alkyl halides is 3. The van der Waals surface area contributed by atoms with Crippen molar-refractivity contribution >= 4 is 39.9 Å². The number of thiophene rings is 1. The van der Waals surface area contributed by atoms with Crippen LogP contribution in [0.4, 0.5) is 13.2 Å². The van der Waals surface area contributed by atoms with Crippen LogP contribution in [0.15, 0.2) is 23.4 Å². The van der Waals surface area contributed by atoms with Crippen LogP contribution in [0, 0.1) is 0 Å². The minimum Gasteiger partial charge on any atom is -0.326 e. The van der Waals surface area contributed by atoms with Crippen LogP contribution >= 0.6 is 23.1 Å². The first-order chi connectivity index (χ1) is 12.3. The van der Waals surface area contributed by atoms with Crippen molar-refractivity contribution < 1.29 is 18.0 Å². The highest BCUT2D eigenvalue weighted by atomic mass is 32.2. The molecule has 6 nitrogen and oxygen atoms in total. The highest BCUT2D eigenvalue weighted by Crippen LogP contribution is 2.32. The maximum absolute atomic E-state index is 13.1. The van der Waals surface area contributed by atoms with Gasteiger partial charge in [0.2, 0.25) is 5.82 Å². The van der Waals surface area contributed by atoms with Crippen molar-refractivity contribution in [3.05, 3.63) is 33.9 Å². The molecule has 0 aliphatic carbocycles. The Labute approximate surface area is 154 Å². The van der Waals surface area contributed by atoms with Crippen molar-refractivity contribution in [1.29, 1.82) is 0 Å². The Hall–Kier alpha value is -1.98. The summed E-state index contributed by atoms with van der Waals surface area (Å²) in [6.45, 7) is 2.46. The Kier molecular flexibility index (Phi) is 5.30. The van der Waals surface area contributed by atoms with Crippen molar-refractivity contribution in [1.82, 2.24) is 19.7 Å². The average molecular weight is 401 g/mol. The molecule has 0 aromatic carbocycles. The van der Waals surface area contributed by atoms with E-state index >= 15 is 0 Å². The summed E-state index contributed by atoms with van der Waals surface area (Å²) < 4.78 is 40.7. The molecule has 0 aliphatic rings. The predicted octanol–water partition coefficient (Wildman–Crippen LogP) is 3.36. The van der Waals surface area contributed by atoms with Gasteiger partial charge in [-0.1, -0.05) is 11.8 Å². The third kappa shape index (κ3) is 3.74. The number of fused-ring (bicyclic) bond motifs is 1. The summed E-state index contributed by atoms with van der Waals surface area (Å²) in [7, 11) is 0. The quantitative estimate of drug-likeness (QED) is 0.387. The Morgan fingerprint density at radius 1 is 1.35 bits per heavy atom. The molecule has 0 saturated heterocycles. The van der Waals surface area contributed by atoms with Gasteiger partial charge in [-0.3, -0.25) is 4.79 Å². The maximum Gasteiger partial charge on any atom is 0.451 e. The number of Topliss-reactive ketones (excluding diaryl/α,β-unsaturated/α-hetero) is 1. The number of hydrogen-bond donors (Lipinski definition) is 1. The van der Waals surface area contributed by atoms with Gasteiger partial charge >= 0.3 is 6.18 Å². The average Bonchev–Trinajstić information content (AvgIpc) is 3.24. The summed E-state index contributed by atoms with van der Waals surface area (Å²) in [6.07, 6.45) is -3.26. The van der Waals surface area contributed by atoms with E-state index < -0.39 is 12.0 Å². The second kappa shape index (κ2) is 7.33. The van der Waals surface area contributed by atoms with Crippen molar-refractivity contribution in [2.45, 2.75) is 31.2 Å². The molecular weight excluding hydrogens is 387 g/mol. The molecule has 2 N–H and O–H groups in total. The number of aromatic nitrogens is 4. The van der Waals surface area contributed by atoms with E-state index in [1.54, 1.807) is 19.1 Å². The van der Waals surface area contributed by atoms with Gasteiger partial charge < -0.3 is 5.73 Å². The lowest BCUT2D eigenvalue weighted by Gasteiger charge is -2.08. The van der Waals surface area contributed by atoms with Crippen molar-refractivity contribution in [2.75, 3.05) is 5.75 Å². The Bertz CT molecular complexity index is 951. The van der Waals surface area contributed by atoms with E-state index in [-0.39, 0.29) is 22.2 Å². The zero-order chi connectivity index (χ0) is 18.9. The zero-order valence-electron chi connectivity index (χ0n) is 13.6. The van der Waals surface area contributed by atoms with Crippen LogP contribution in [0.2, 0.25) is 0 Å². The molecule has 0 fully saturated rings. The SMILES string of the molecule is CCn1ncc2c(SCC(=O)c3ccc(CN)s3)nc(C(F)(F)F)nc21. The van der Waals surface area contributed by atoms with Crippen LogP contribution < -0.4 is 5.73 Å². The number of halogens is 3. The highest BCUT2D eigenvalue weighted by molar-refractivity contribution is 8.00. The number of nitrogens with two attached hydrogens (primary N) is 1. The lowest BCUT2D eigenvalue weighted by molar-refractivity contribution is -0.145. The second-order valence-electron chi connectivity index (χ2n) is 5.23. The molecular formula is C15H14F3N5OS2. The van der Waals surface area contributed by atoms with Crippen LogP contribution in [0.1, 0.15) is 27.3 Å². The Morgan fingerprint density at radius 2 is 2.12 bits per heavy atom. The van der Waals surface area contributed by atoms with Crippen LogP contribution in [-0.4, -0.2) is 31.3 Å². The summed E-state index contributed by atoms with van der Waals surface area (Å²) in [5.41, 5.74) is 5.63. The summed E-state index contributed by atoms with van der Waals surface area (Å²) in [4.78, 5) is 20.9. The van der Waals surface area contributed by atoms with Gasteiger partial charge in [-0.05, 0) is 19.1 Å². The molecule has 0 aliphatic heterocycles. The van der Waals surface area contributed by atoms with E-state index in [1.165, 1.54) is 22.2 Å². The standard InChI is InChI=1S/C15H14F3N5OS2/c1-2-23-12-9(6-20-23)13(22-14(21-12)15(16,17)18)25-7-10(24)11-4-3-8(5-19)26-11/h3-4,6H,2,5,7,19H2,1H3. The zero-order valence-corrected chi connectivity index (χ0v) is 15.2. The van der Waals surface area contributed by atoms with Gasteiger partial charge in [0.15, 0.2) is 11.4 Å². The molecule has 0 saturated carbocycles. The molecule has 0 bridgehead atoms. The predicted molar refractivity (Wildman–Crippen MR) is 93.3 cm³/mol. The monoisotopic (exact) mass is 401 g/mol. The first-order valence-electron chi connectivity index (χ1n) is 7.59. The third-order valence-electron chi connectivity index (χ3n) is 3.49. The summed E-state index contributed by atoms with van der Waals surface area (Å²) >= 11 is 2.22. The fourth-order valence-corrected chi connectivity index (χ4v) is 4.03. The summed E-state index contributed by atoms with van der Waals surface area (Å²) in [5.74, 6) is -1.47. The normalized spacial score (nSPS) is 12.0. The molecule has 3 heterocycles. The molecule has 0 radical (unpaired) electrons. The molecule has 3 rings (SSSR count). The van der Waals surface area contributed by atoms with Gasteiger partial charge in [-0.2, -0.15) is 18.3 Å². The number of ketones is 1. The van der Waals surface area contributed by atoms with Crippen LogP contribution in [0.3, 0.4) is 0 Å². The molecule has 0 unspecified atom stereocenters. The van der Waals surface area contributed by atoms with Gasteiger partial charge in [0.1, 0.15) is 5.03 Å². The van der Waals surface area contributed by atoms with Gasteiger partial charge in [0, 0.05) is 18.0 Å². The molecule has 0 amide bonds. The van der Waals surface area contributed by atoms with E-state index in [4.69, 9.17) is 5.73 Å². The minimum atomic E-state index is -4.68. The van der Waals surface area contributed by atoms with Gasteiger partial charge in [-0.25, -0.2) is 14.6 Å². The molecule has 0 spiro atoms. The Balaban J connectivity index is 1.91. The molecule has 138 valence electrons. The Morgan fingerprint density at radius 3 is 2.73 bits per heavy atom. The largest absolute Gasteiger partial charge is 0.451 e. The maximum atomic E-state index is 13.1. The highest BCUT2D eigenvalue weighted by Gasteiger charge is 2.36. The van der Waals surface area contributed by atoms with Crippen LogP contribution in [-0.2, 0) is 19.3 Å². The van der Waals surface area contributed by atoms with Crippen molar-refractivity contribution in [3.63, 3.8) is 0 Å². The number of rotatable bonds is 6. The van der Waals surface area contributed by atoms with E-state index in [0.29, 0.717) is 23.4 Å². The van der Waals surface area contributed by atoms with Gasteiger partial charge in [0.05, 0.1) is 22.2 Å². The first kappa shape index (κ1) is 18.8. The molecule has 3 aromatic rings. The van der Waals surface area contributed by atoms with E-state index in [0.717, 1.165) is 16.6 Å². The molecule has 3 aromatic heterocycles. The fraction of sp³-hybridized carbons (Fsp3) is 0.333. The first-order valence-corrected chi connectivity index (χ1v) is 9.39. The molecule has 26 heavy (non-hydrogen) atoms. The summed E-state index contributed by atoms with van der Waals surface area (Å²) in [6, 6.07) is 3.43. The van der Waals surface area contributed by atoms with Gasteiger partial charge in [0.25, 0.3) is 0 Å². The van der Waals surface area contributed by atoms with Gasteiger partial charge in [-0.15, -0.1) is 11.3 Å². The number of aryl methyl sites for hydroxylation is 1. The van der Waals surface area contributed by atoms with E-state index in [9.17, 15) is 18.0 Å². The smallest absolute Gasteiger partial charge is 0.326 e. The summed E-state index contributed by atoms with van der Waals surface area (Å²) in [5, 5.41) is 4.52. The van der Waals surface area contributed by atoms with Crippen LogP contribution in [0.5, 0.6) is 0 Å². The number of carbonyl (C=O) groups is 1. The lowest BCUT2D eigenvalue weighted by Crippen LogP contribution is -2.13. The second-order valence-corrected chi connectivity index (χ2v) is 7.36. The number of hydrogen-bond acceptors (Lipinski definition) is 7. The lowest BCUT2D eigenvalue weighted by atomic mass is 10.3. The molecule has 11 heteroatoms. The molecule has 0 atom stereocenters. The van der Waals surface area contributed by atoms with E-state index in [1.807, 2.05) is 0 Å². The number of thioether (sulfide) groups is 1. The topological polar surface area (TPSA) is 86.7 Å². The fourth-order valence-electron chi connectivity index (χ4n) is 2.24. The third-order valence-corrected chi connectivity index (χ3v) is 5.63. The number of carbonyl (C=O) groups excluding carboxylic acids is 1. The van der Waals surface area contributed by atoms with Crippen molar-refractivity contribution in [2.24, 2.45) is 5.73 Å². The van der Waals surface area contributed by atoms with E-state index in [2.05, 4.69) is 15.1 Å². The van der Waals surface area contributed by atoms with Crippen LogP contribution in [0.25, 0.3) is 11.0 Å².